The Kier molecular flexibility index (Phi) is 4.25. The highest BCUT2D eigenvalue weighted by molar-refractivity contribution is 7.94. The van der Waals surface area contributed by atoms with Crippen LogP contribution in [0.25, 0.3) is 6.08 Å². The van der Waals surface area contributed by atoms with Crippen molar-refractivity contribution in [1.29, 1.82) is 0 Å². The van der Waals surface area contributed by atoms with Gasteiger partial charge < -0.3 is 5.11 Å². The summed E-state index contributed by atoms with van der Waals surface area (Å²) in [6.07, 6.45) is 1.08. The summed E-state index contributed by atoms with van der Waals surface area (Å²) in [5.41, 5.74) is 0.765. The Morgan fingerprint density at radius 1 is 1.25 bits per heavy atom. The van der Waals surface area contributed by atoms with E-state index in [9.17, 15) is 13.2 Å². The predicted octanol–water partition coefficient (Wildman–Crippen LogP) is 1.55. The van der Waals surface area contributed by atoms with Gasteiger partial charge >= 0.3 is 5.97 Å². The molecule has 1 rings (SSSR count). The minimum Gasteiger partial charge on any atom is -0.481 e. The first-order chi connectivity index (χ1) is 7.49. The molecule has 0 aliphatic carbocycles. The number of carboxylic acid groups (broad SMARTS) is 1. The van der Waals surface area contributed by atoms with E-state index in [4.69, 9.17) is 5.11 Å². The Morgan fingerprint density at radius 3 is 2.44 bits per heavy atom. The molecule has 0 unspecified atom stereocenters. The Balaban J connectivity index is 2.66. The zero-order valence-corrected chi connectivity index (χ0v) is 9.35. The number of hydrogen-bond acceptors (Lipinski definition) is 3. The van der Waals surface area contributed by atoms with Crippen LogP contribution in [0.5, 0.6) is 0 Å². The molecule has 0 amide bonds. The van der Waals surface area contributed by atoms with Gasteiger partial charge in [-0.05, 0) is 11.6 Å². The van der Waals surface area contributed by atoms with Gasteiger partial charge in [0, 0.05) is 5.41 Å². The smallest absolute Gasteiger partial charge is 0.304 e. The molecule has 0 aliphatic rings. The Hall–Kier alpha value is -1.62. The van der Waals surface area contributed by atoms with Gasteiger partial charge in [0.05, 0.1) is 12.2 Å². The van der Waals surface area contributed by atoms with E-state index in [1.165, 1.54) is 6.08 Å². The predicted molar refractivity (Wildman–Crippen MR) is 61.5 cm³/mol. The topological polar surface area (TPSA) is 71.4 Å². The van der Waals surface area contributed by atoms with Crippen LogP contribution in [-0.2, 0) is 14.6 Å². The number of benzene rings is 1. The molecule has 1 aromatic carbocycles. The lowest BCUT2D eigenvalue weighted by molar-refractivity contribution is -0.136. The number of carboxylic acids is 1. The van der Waals surface area contributed by atoms with Crippen molar-refractivity contribution in [3.8, 4) is 0 Å². The molecular formula is C11H12O4S. The van der Waals surface area contributed by atoms with Crippen LogP contribution in [0.2, 0.25) is 0 Å². The molecule has 0 heterocycles. The maximum atomic E-state index is 11.4. The highest BCUT2D eigenvalue weighted by Gasteiger charge is 2.08. The summed E-state index contributed by atoms with van der Waals surface area (Å²) in [6.45, 7) is 0. The van der Waals surface area contributed by atoms with Crippen LogP contribution in [0, 0.1) is 0 Å². The van der Waals surface area contributed by atoms with E-state index < -0.39 is 15.8 Å². The number of hydrogen-bond donors (Lipinski definition) is 1. The van der Waals surface area contributed by atoms with Crippen molar-refractivity contribution in [1.82, 2.24) is 0 Å². The number of carbonyl (C=O) groups is 1. The van der Waals surface area contributed by atoms with Crippen LogP contribution in [0.4, 0.5) is 0 Å². The van der Waals surface area contributed by atoms with Gasteiger partial charge in [-0.2, -0.15) is 0 Å². The zero-order valence-electron chi connectivity index (χ0n) is 8.54. The second-order valence-electron chi connectivity index (χ2n) is 3.22. The molecule has 0 saturated heterocycles. The minimum absolute atomic E-state index is 0.369. The molecule has 0 aliphatic heterocycles. The number of aliphatic carboxylic acids is 1. The zero-order chi connectivity index (χ0) is 12.0. The first-order valence-corrected chi connectivity index (χ1v) is 6.39. The molecule has 0 fully saturated rings. The Morgan fingerprint density at radius 2 is 1.88 bits per heavy atom. The maximum Gasteiger partial charge on any atom is 0.304 e. The van der Waals surface area contributed by atoms with Crippen LogP contribution >= 0.6 is 0 Å². The molecule has 0 radical (unpaired) electrons. The molecule has 0 bridgehead atoms. The normalized spacial score (nSPS) is 11.8. The van der Waals surface area contributed by atoms with E-state index in [0.717, 1.165) is 11.0 Å². The average molecular weight is 240 g/mol. The molecule has 1 aromatic rings. The van der Waals surface area contributed by atoms with Crippen molar-refractivity contribution in [3.05, 3.63) is 41.3 Å². The second-order valence-corrected chi connectivity index (χ2v) is 5.23. The van der Waals surface area contributed by atoms with E-state index >= 15 is 0 Å². The van der Waals surface area contributed by atoms with Crippen molar-refractivity contribution in [2.24, 2.45) is 0 Å². The van der Waals surface area contributed by atoms with Crippen molar-refractivity contribution >= 4 is 21.9 Å². The third-order valence-corrected chi connectivity index (χ3v) is 3.19. The van der Waals surface area contributed by atoms with E-state index in [2.05, 4.69) is 0 Å². The van der Waals surface area contributed by atoms with Crippen molar-refractivity contribution in [2.45, 2.75) is 6.42 Å². The third-order valence-electron chi connectivity index (χ3n) is 1.87. The molecule has 5 heteroatoms. The van der Waals surface area contributed by atoms with Gasteiger partial charge in [0.15, 0.2) is 9.84 Å². The van der Waals surface area contributed by atoms with Gasteiger partial charge in [0.1, 0.15) is 0 Å². The molecular weight excluding hydrogens is 228 g/mol. The van der Waals surface area contributed by atoms with E-state index in [-0.39, 0.29) is 12.2 Å². The lowest BCUT2D eigenvalue weighted by Gasteiger charge is -1.95. The van der Waals surface area contributed by atoms with Gasteiger partial charge in [-0.15, -0.1) is 0 Å². The SMILES string of the molecule is O=C(O)CCS(=O)(=O)/C=C/c1ccccc1. The van der Waals surface area contributed by atoms with Gasteiger partial charge in [-0.1, -0.05) is 30.3 Å². The van der Waals surface area contributed by atoms with E-state index in [1.807, 2.05) is 6.07 Å². The van der Waals surface area contributed by atoms with Crippen LogP contribution in [0.15, 0.2) is 35.7 Å². The summed E-state index contributed by atoms with van der Waals surface area (Å²) in [4.78, 5) is 10.2. The van der Waals surface area contributed by atoms with Gasteiger partial charge in [0.2, 0.25) is 0 Å². The fraction of sp³-hybridized carbons (Fsp3) is 0.182. The van der Waals surface area contributed by atoms with Gasteiger partial charge in [-0.25, -0.2) is 8.42 Å². The average Bonchev–Trinajstić information content (AvgIpc) is 2.26. The lowest BCUT2D eigenvalue weighted by atomic mass is 10.2. The van der Waals surface area contributed by atoms with Crippen molar-refractivity contribution in [2.75, 3.05) is 5.75 Å². The lowest BCUT2D eigenvalue weighted by Crippen LogP contribution is -2.07. The van der Waals surface area contributed by atoms with Crippen LogP contribution in [-0.4, -0.2) is 25.2 Å². The molecule has 4 nitrogen and oxygen atoms in total. The first kappa shape index (κ1) is 12.4. The fourth-order valence-corrected chi connectivity index (χ4v) is 2.00. The molecule has 16 heavy (non-hydrogen) atoms. The van der Waals surface area contributed by atoms with Gasteiger partial charge in [0.25, 0.3) is 0 Å². The largest absolute Gasteiger partial charge is 0.481 e. The molecule has 0 aromatic heterocycles. The molecule has 86 valence electrons. The monoisotopic (exact) mass is 240 g/mol. The summed E-state index contributed by atoms with van der Waals surface area (Å²) < 4.78 is 22.7. The standard InChI is InChI=1S/C11H12O4S/c12-11(13)7-9-16(14,15)8-6-10-4-2-1-3-5-10/h1-6,8H,7,9H2,(H,12,13)/b8-6+. The van der Waals surface area contributed by atoms with Gasteiger partial charge in [-0.3, -0.25) is 4.79 Å². The molecule has 0 spiro atoms. The number of sulfone groups is 1. The van der Waals surface area contributed by atoms with Crippen LogP contribution in [0.1, 0.15) is 12.0 Å². The first-order valence-electron chi connectivity index (χ1n) is 4.67. The van der Waals surface area contributed by atoms with Crippen LogP contribution in [0.3, 0.4) is 0 Å². The summed E-state index contributed by atoms with van der Waals surface area (Å²) in [5.74, 6) is -1.48. The quantitative estimate of drug-likeness (QED) is 0.847. The molecule has 0 atom stereocenters. The Labute approximate surface area is 94.1 Å². The van der Waals surface area contributed by atoms with Crippen molar-refractivity contribution in [3.63, 3.8) is 0 Å². The summed E-state index contributed by atoms with van der Waals surface area (Å²) >= 11 is 0. The summed E-state index contributed by atoms with van der Waals surface area (Å²) in [6, 6.07) is 8.95. The molecule has 0 saturated carbocycles. The second kappa shape index (κ2) is 5.46. The summed E-state index contributed by atoms with van der Waals surface area (Å²) in [7, 11) is -3.44. The van der Waals surface area contributed by atoms with E-state index in [0.29, 0.717) is 0 Å². The van der Waals surface area contributed by atoms with Crippen LogP contribution < -0.4 is 0 Å². The maximum absolute atomic E-state index is 11.4. The minimum atomic E-state index is -3.44. The Bertz CT molecular complexity index is 474. The van der Waals surface area contributed by atoms with E-state index in [1.54, 1.807) is 24.3 Å². The van der Waals surface area contributed by atoms with Crippen molar-refractivity contribution < 1.29 is 18.3 Å². The highest BCUT2D eigenvalue weighted by Crippen LogP contribution is 2.04. The third kappa shape index (κ3) is 4.75. The highest BCUT2D eigenvalue weighted by atomic mass is 32.2. The summed E-state index contributed by atoms with van der Waals surface area (Å²) in [5, 5.41) is 9.42. The molecule has 1 N–H and O–H groups in total. The number of rotatable bonds is 5. The fourth-order valence-electron chi connectivity index (χ4n) is 1.04.